The third kappa shape index (κ3) is 12.5. The summed E-state index contributed by atoms with van der Waals surface area (Å²) < 4.78 is 128. The normalized spacial score (nSPS) is 48.8. The Morgan fingerprint density at radius 2 is 1.31 bits per heavy atom. The van der Waals surface area contributed by atoms with Gasteiger partial charge in [0.15, 0.2) is 66.4 Å². The second kappa shape index (κ2) is 26.4. The molecule has 514 valence electrons. The van der Waals surface area contributed by atoms with E-state index in [4.69, 9.17) is 123 Å². The number of ketones is 1. The zero-order valence-electron chi connectivity index (χ0n) is 51.5. The number of rotatable bonds is 15. The van der Waals surface area contributed by atoms with Crippen molar-refractivity contribution in [3.05, 3.63) is 21.2 Å². The van der Waals surface area contributed by atoms with E-state index in [2.05, 4.69) is 0 Å². The van der Waals surface area contributed by atoms with Crippen molar-refractivity contribution in [2.75, 3.05) is 34.2 Å². The first kappa shape index (κ1) is 69.4. The predicted octanol–water partition coefficient (Wildman–Crippen LogP) is -0.541. The van der Waals surface area contributed by atoms with Crippen molar-refractivity contribution in [1.29, 1.82) is 0 Å². The Bertz CT molecular complexity index is 2770. The molecule has 11 rings (SSSR count). The van der Waals surface area contributed by atoms with Crippen molar-refractivity contribution >= 4 is 40.9 Å². The minimum Gasteiger partial charge on any atom is -0.505 e. The number of phenolic OH excluding ortho intramolecular Hbond substituents is 2. The minimum atomic E-state index is -2.14. The summed E-state index contributed by atoms with van der Waals surface area (Å²) in [5.41, 5.74) is -3.77. The number of benzene rings is 1. The van der Waals surface area contributed by atoms with Crippen molar-refractivity contribution in [1.82, 2.24) is 0 Å². The zero-order chi connectivity index (χ0) is 65.9. The molecule has 0 radical (unpaired) electrons. The number of carbonyl (C=O) groups is 3. The summed E-state index contributed by atoms with van der Waals surface area (Å²) in [6.45, 7) is 12.5. The highest BCUT2D eigenvalue weighted by molar-refractivity contribution is 6.39. The molecular weight excluding hydrogens is 1270 g/mol. The number of Topliss-reactive ketones (excluding diaryl/α,β-unsaturated/α-hetero) is 1. The van der Waals surface area contributed by atoms with Crippen LogP contribution in [0.1, 0.15) is 90.6 Å². The lowest BCUT2D eigenvalue weighted by Gasteiger charge is -2.49. The van der Waals surface area contributed by atoms with Gasteiger partial charge in [-0.25, -0.2) is 4.79 Å². The molecule has 0 bridgehead atoms. The third-order valence-corrected chi connectivity index (χ3v) is 19.4. The summed E-state index contributed by atoms with van der Waals surface area (Å²) in [6, 6.07) is 0. The fourth-order valence-corrected chi connectivity index (χ4v) is 14.5. The maximum Gasteiger partial charge on any atom is 0.342 e. The van der Waals surface area contributed by atoms with Gasteiger partial charge in [0.25, 0.3) is 5.97 Å². The number of esters is 2. The van der Waals surface area contributed by atoms with E-state index >= 15 is 0 Å². The first-order chi connectivity index (χ1) is 42.9. The quantitative estimate of drug-likeness (QED) is 0.102. The molecule has 10 heterocycles. The SMILES string of the molecule is COC[C@H]1O[C@@H](O[C@H]2OC[C@@H]3O[C@]4(O[C@H]3[C@H]2OC(C)=O)O[C@H](C)[C@@](O)(C(C)=O)[C@@H]2OCO[C@H]24)[C@@H](O)[C@@H](O)[C@@H]1O[C@@H]1O[C@H](C)[C@H](OC)[C@H](O[C@H]2C[C@@]3(C)OC4(C[C@@H](O)[C@H](O[C@H]5C[C@@H](O)[C@H](OC(=O)c6c(C)c(Cl)c(O)c(Cl)c6O)[C@@H](C)O5)[C@@H](C)O4)O[C@@H]3[C@@H](C)O2)[C@H]1O. The summed E-state index contributed by atoms with van der Waals surface area (Å²) in [5, 5.41) is 90.0. The summed E-state index contributed by atoms with van der Waals surface area (Å²) in [7, 11) is 2.73. The molecule has 10 fully saturated rings. The lowest BCUT2D eigenvalue weighted by molar-refractivity contribution is -0.428. The van der Waals surface area contributed by atoms with Crippen molar-refractivity contribution in [2.24, 2.45) is 0 Å². The van der Waals surface area contributed by atoms with Crippen LogP contribution in [0.4, 0.5) is 0 Å². The Hall–Kier alpha value is -2.99. The summed E-state index contributed by atoms with van der Waals surface area (Å²) in [6.07, 6.45) is -34.8. The van der Waals surface area contributed by atoms with Crippen molar-refractivity contribution in [3.8, 4) is 11.5 Å². The van der Waals surface area contributed by atoms with Gasteiger partial charge in [0, 0.05) is 34.0 Å². The number of methoxy groups -OCH3 is 2. The molecule has 0 saturated carbocycles. The van der Waals surface area contributed by atoms with Crippen molar-refractivity contribution in [2.45, 2.75) is 270 Å². The number of hydrogen-bond donors (Lipinski definition) is 8. The lowest BCUT2D eigenvalue weighted by atomic mass is 9.81. The van der Waals surface area contributed by atoms with Crippen molar-refractivity contribution in [3.63, 3.8) is 0 Å². The molecule has 10 aliphatic heterocycles. The van der Waals surface area contributed by atoms with Crippen LogP contribution in [0.25, 0.3) is 0 Å². The molecule has 1 aromatic rings. The van der Waals surface area contributed by atoms with Crippen LogP contribution in [0, 0.1) is 6.92 Å². The van der Waals surface area contributed by atoms with Crippen LogP contribution in [-0.2, 0) is 109 Å². The smallest absolute Gasteiger partial charge is 0.342 e. The standard InChI is InChI=1S/C57H80Cl2O32/c1-18-32(35(64)34(59)36(65)33(18)58)50(69)83-40-19(2)76-30(12-26(40)62)81-41-21(4)86-55(13-27(41)63)90-47-22(5)77-31(14-54(47,9)91-55)82-45-39(68)52(78-20(3)42(45)72-11)84-43-28(15-71-10)80-51(38(67)37(43)66)85-53-46(79-25(8)61)44-29(16-73-53)88-57(89-44)49-48(74-17-75-49)56(70,23(6)60)24(7)87-57/h19-22,24,26-31,37-49,51-53,62-68,70H,12-17H2,1-11H3/t19-,20-,21-,22-,24-,26-,27-,28-,29+,30+,31+,37-,38+,39-,40-,41-,42+,43-,44-,45-,46-,47-,48-,49-,51+,52+,53-,54-,55?,56+,57-/m1/s1. The molecule has 2 spiro atoms. The molecule has 10 aliphatic rings. The number of fused-ring (bicyclic) bond motifs is 4. The van der Waals surface area contributed by atoms with Gasteiger partial charge >= 0.3 is 17.9 Å². The fourth-order valence-electron chi connectivity index (χ4n) is 14.1. The Morgan fingerprint density at radius 3 is 1.98 bits per heavy atom. The molecule has 31 atom stereocenters. The molecule has 91 heavy (non-hydrogen) atoms. The predicted molar refractivity (Wildman–Crippen MR) is 294 cm³/mol. The highest BCUT2D eigenvalue weighted by Crippen LogP contribution is 2.53. The third-order valence-electron chi connectivity index (χ3n) is 18.5. The Kier molecular flexibility index (Phi) is 20.2. The number of hydrogen-bond acceptors (Lipinski definition) is 32. The Labute approximate surface area is 531 Å². The molecule has 1 unspecified atom stereocenters. The van der Waals surface area contributed by atoms with Gasteiger partial charge in [0.2, 0.25) is 6.29 Å². The number of aliphatic hydroxyl groups is 6. The molecule has 0 amide bonds. The number of halogens is 2. The average molecular weight is 1350 g/mol. The Morgan fingerprint density at radius 1 is 0.626 bits per heavy atom. The van der Waals surface area contributed by atoms with Gasteiger partial charge in [-0.3, -0.25) is 9.59 Å². The number of ether oxygens (including phenoxy) is 21. The van der Waals surface area contributed by atoms with Gasteiger partial charge in [-0.15, -0.1) is 0 Å². The highest BCUT2D eigenvalue weighted by atomic mass is 35.5. The van der Waals surface area contributed by atoms with Crippen LogP contribution >= 0.6 is 23.2 Å². The number of carbonyl (C=O) groups excluding carboxylic acids is 3. The number of aromatic hydroxyl groups is 2. The lowest BCUT2D eigenvalue weighted by Crippen LogP contribution is -2.72. The van der Waals surface area contributed by atoms with Crippen LogP contribution in [-0.4, -0.2) is 282 Å². The summed E-state index contributed by atoms with van der Waals surface area (Å²) in [5.74, 6) is -7.83. The van der Waals surface area contributed by atoms with Gasteiger partial charge < -0.3 is 140 Å². The molecule has 34 heteroatoms. The molecule has 0 aromatic heterocycles. The topological polar surface area (TPSA) is 407 Å². The second-order valence-electron chi connectivity index (χ2n) is 24.8. The fraction of sp³-hybridized carbons (Fsp3) is 0.842. The molecule has 8 N–H and O–H groups in total. The van der Waals surface area contributed by atoms with E-state index in [0.717, 1.165) is 6.92 Å². The molecule has 1 aromatic carbocycles. The van der Waals surface area contributed by atoms with E-state index in [9.17, 15) is 55.2 Å². The van der Waals surface area contributed by atoms with Crippen LogP contribution in [0.2, 0.25) is 10.0 Å². The van der Waals surface area contributed by atoms with Gasteiger partial charge in [0.05, 0.1) is 67.4 Å². The summed E-state index contributed by atoms with van der Waals surface area (Å²) in [4.78, 5) is 38.7. The van der Waals surface area contributed by atoms with E-state index in [-0.39, 0.29) is 49.9 Å². The zero-order valence-corrected chi connectivity index (χ0v) is 53.0. The van der Waals surface area contributed by atoms with Crippen LogP contribution in [0.5, 0.6) is 11.5 Å². The molecule has 10 saturated heterocycles. The maximum atomic E-state index is 13.3. The van der Waals surface area contributed by atoms with E-state index in [1.165, 1.54) is 41.9 Å². The van der Waals surface area contributed by atoms with Crippen LogP contribution < -0.4 is 0 Å². The van der Waals surface area contributed by atoms with Crippen LogP contribution in [0.3, 0.4) is 0 Å². The van der Waals surface area contributed by atoms with E-state index in [0.29, 0.717) is 0 Å². The van der Waals surface area contributed by atoms with Gasteiger partial charge in [-0.2, -0.15) is 0 Å². The largest absolute Gasteiger partial charge is 0.505 e. The van der Waals surface area contributed by atoms with E-state index in [1.54, 1.807) is 27.7 Å². The minimum absolute atomic E-state index is 0.0101. The molecule has 32 nitrogen and oxygen atoms in total. The summed E-state index contributed by atoms with van der Waals surface area (Å²) >= 11 is 12.1. The number of aliphatic hydroxyl groups excluding tert-OH is 5. The number of phenols is 2. The van der Waals surface area contributed by atoms with E-state index in [1.807, 2.05) is 0 Å². The van der Waals surface area contributed by atoms with Gasteiger partial charge in [0.1, 0.15) is 96.2 Å². The average Bonchev–Trinajstić information content (AvgIpc) is 1.62. The van der Waals surface area contributed by atoms with Crippen LogP contribution in [0.15, 0.2) is 0 Å². The monoisotopic (exact) mass is 1350 g/mol. The highest BCUT2D eigenvalue weighted by Gasteiger charge is 2.73. The maximum absolute atomic E-state index is 13.3. The van der Waals surface area contributed by atoms with Gasteiger partial charge in [-0.1, -0.05) is 23.2 Å². The van der Waals surface area contributed by atoms with Gasteiger partial charge in [-0.05, 0) is 61.0 Å². The van der Waals surface area contributed by atoms with E-state index < -0.39 is 229 Å². The second-order valence-corrected chi connectivity index (χ2v) is 25.6. The Balaban J connectivity index is 0.708. The van der Waals surface area contributed by atoms with Crippen molar-refractivity contribution < 1.29 is 155 Å². The first-order valence-electron chi connectivity index (χ1n) is 30.0. The molecule has 0 aliphatic carbocycles. The molecular formula is C57H80Cl2O32. The first-order valence-corrected chi connectivity index (χ1v) is 30.7.